The van der Waals surface area contributed by atoms with Gasteiger partial charge in [0.05, 0.1) is 6.26 Å². The summed E-state index contributed by atoms with van der Waals surface area (Å²) in [6.45, 7) is 5.81. The van der Waals surface area contributed by atoms with Gasteiger partial charge in [0.2, 0.25) is 10.0 Å². The second-order valence-electron chi connectivity index (χ2n) is 5.85. The number of piperidine rings is 1. The molecule has 0 saturated carbocycles. The molecular formula is C14H30N2O2S. The van der Waals surface area contributed by atoms with Gasteiger partial charge >= 0.3 is 0 Å². The lowest BCUT2D eigenvalue weighted by Gasteiger charge is -2.32. The standard InChI is InChI=1S/C14H30N2O2S/c1-4-5-6-7-8-13(2)15-14-9-11-16(12-10-14)19(3,17)18/h13-15H,4-12H2,1-3H3. The Hall–Kier alpha value is -0.130. The zero-order valence-electron chi connectivity index (χ0n) is 12.7. The maximum absolute atomic E-state index is 11.4. The smallest absolute Gasteiger partial charge is 0.211 e. The van der Waals surface area contributed by atoms with Crippen molar-refractivity contribution in [3.63, 3.8) is 0 Å². The topological polar surface area (TPSA) is 49.4 Å². The molecule has 1 aliphatic rings. The normalized spacial score (nSPS) is 20.6. The maximum Gasteiger partial charge on any atom is 0.211 e. The molecule has 1 heterocycles. The Morgan fingerprint density at radius 3 is 2.37 bits per heavy atom. The molecular weight excluding hydrogens is 260 g/mol. The molecule has 5 heteroatoms. The minimum atomic E-state index is -2.99. The average Bonchev–Trinajstić information content (AvgIpc) is 2.34. The highest BCUT2D eigenvalue weighted by Gasteiger charge is 2.25. The van der Waals surface area contributed by atoms with Gasteiger partial charge in [0.15, 0.2) is 0 Å². The summed E-state index contributed by atoms with van der Waals surface area (Å²) in [5.41, 5.74) is 0. The first-order valence-electron chi connectivity index (χ1n) is 7.64. The molecule has 0 bridgehead atoms. The molecule has 0 aromatic carbocycles. The van der Waals surface area contributed by atoms with Crippen molar-refractivity contribution in [1.29, 1.82) is 0 Å². The third-order valence-corrected chi connectivity index (χ3v) is 5.24. The van der Waals surface area contributed by atoms with E-state index in [1.165, 1.54) is 38.4 Å². The molecule has 1 fully saturated rings. The molecule has 19 heavy (non-hydrogen) atoms. The Kier molecular flexibility index (Phi) is 7.32. The molecule has 0 radical (unpaired) electrons. The highest BCUT2D eigenvalue weighted by Crippen LogP contribution is 2.15. The SMILES string of the molecule is CCCCCCC(C)NC1CCN(S(C)(=O)=O)CC1. The predicted molar refractivity (Wildman–Crippen MR) is 80.8 cm³/mol. The summed E-state index contributed by atoms with van der Waals surface area (Å²) in [5, 5.41) is 3.65. The fourth-order valence-electron chi connectivity index (χ4n) is 2.72. The van der Waals surface area contributed by atoms with E-state index in [2.05, 4.69) is 19.2 Å². The predicted octanol–water partition coefficient (Wildman–Crippen LogP) is 2.36. The molecule has 0 aromatic heterocycles. The van der Waals surface area contributed by atoms with Gasteiger partial charge < -0.3 is 5.32 Å². The summed E-state index contributed by atoms with van der Waals surface area (Å²) in [6, 6.07) is 1.03. The van der Waals surface area contributed by atoms with E-state index in [0.717, 1.165) is 12.8 Å². The Morgan fingerprint density at radius 2 is 1.84 bits per heavy atom. The van der Waals surface area contributed by atoms with Gasteiger partial charge in [-0.3, -0.25) is 0 Å². The first kappa shape index (κ1) is 16.9. The Balaban J connectivity index is 2.18. The van der Waals surface area contributed by atoms with Crippen LogP contribution in [0, 0.1) is 0 Å². The first-order valence-corrected chi connectivity index (χ1v) is 9.49. The van der Waals surface area contributed by atoms with Crippen LogP contribution >= 0.6 is 0 Å². The maximum atomic E-state index is 11.4. The molecule has 0 aromatic rings. The van der Waals surface area contributed by atoms with E-state index in [1.807, 2.05) is 0 Å². The van der Waals surface area contributed by atoms with Crippen LogP contribution in [-0.2, 0) is 10.0 Å². The zero-order chi connectivity index (χ0) is 14.3. The van der Waals surface area contributed by atoms with E-state index in [-0.39, 0.29) is 0 Å². The van der Waals surface area contributed by atoms with E-state index in [4.69, 9.17) is 0 Å². The van der Waals surface area contributed by atoms with E-state index in [1.54, 1.807) is 4.31 Å². The summed E-state index contributed by atoms with van der Waals surface area (Å²) >= 11 is 0. The largest absolute Gasteiger partial charge is 0.311 e. The molecule has 1 saturated heterocycles. The zero-order valence-corrected chi connectivity index (χ0v) is 13.5. The van der Waals surface area contributed by atoms with Crippen LogP contribution in [0.15, 0.2) is 0 Å². The Bertz CT molecular complexity index is 335. The first-order chi connectivity index (χ1) is 8.93. The Morgan fingerprint density at radius 1 is 1.21 bits per heavy atom. The van der Waals surface area contributed by atoms with Gasteiger partial charge in [-0.25, -0.2) is 12.7 Å². The molecule has 4 nitrogen and oxygen atoms in total. The Labute approximate surface area is 119 Å². The van der Waals surface area contributed by atoms with Crippen molar-refractivity contribution in [3.05, 3.63) is 0 Å². The van der Waals surface area contributed by atoms with Crippen molar-refractivity contribution in [2.75, 3.05) is 19.3 Å². The number of unbranched alkanes of at least 4 members (excludes halogenated alkanes) is 3. The van der Waals surface area contributed by atoms with Gasteiger partial charge in [-0.15, -0.1) is 0 Å². The number of hydrogen-bond donors (Lipinski definition) is 1. The fraction of sp³-hybridized carbons (Fsp3) is 1.00. The third kappa shape index (κ3) is 6.72. The third-order valence-electron chi connectivity index (χ3n) is 3.93. The second-order valence-corrected chi connectivity index (χ2v) is 7.84. The number of nitrogens with zero attached hydrogens (tertiary/aromatic N) is 1. The van der Waals surface area contributed by atoms with Crippen molar-refractivity contribution in [1.82, 2.24) is 9.62 Å². The van der Waals surface area contributed by atoms with Crippen molar-refractivity contribution in [2.24, 2.45) is 0 Å². The van der Waals surface area contributed by atoms with Crippen LogP contribution in [0.25, 0.3) is 0 Å². The molecule has 1 atom stereocenters. The quantitative estimate of drug-likeness (QED) is 0.698. The van der Waals surface area contributed by atoms with Gasteiger partial charge in [-0.05, 0) is 26.2 Å². The summed E-state index contributed by atoms with van der Waals surface area (Å²) in [5.74, 6) is 0. The minimum absolute atomic E-state index is 0.485. The van der Waals surface area contributed by atoms with Gasteiger partial charge in [0.1, 0.15) is 0 Å². The van der Waals surface area contributed by atoms with Crippen LogP contribution in [0.1, 0.15) is 58.8 Å². The second kappa shape index (κ2) is 8.22. The van der Waals surface area contributed by atoms with Crippen LogP contribution < -0.4 is 5.32 Å². The minimum Gasteiger partial charge on any atom is -0.311 e. The summed E-state index contributed by atoms with van der Waals surface area (Å²) < 4.78 is 24.4. The number of hydrogen-bond acceptors (Lipinski definition) is 3. The molecule has 1 unspecified atom stereocenters. The van der Waals surface area contributed by atoms with Crippen molar-refractivity contribution >= 4 is 10.0 Å². The highest BCUT2D eigenvalue weighted by molar-refractivity contribution is 7.88. The van der Waals surface area contributed by atoms with E-state index in [9.17, 15) is 8.42 Å². The monoisotopic (exact) mass is 290 g/mol. The van der Waals surface area contributed by atoms with Crippen molar-refractivity contribution < 1.29 is 8.42 Å². The van der Waals surface area contributed by atoms with Crippen LogP contribution in [-0.4, -0.2) is 44.2 Å². The van der Waals surface area contributed by atoms with Gasteiger partial charge in [0.25, 0.3) is 0 Å². The van der Waals surface area contributed by atoms with E-state index >= 15 is 0 Å². The lowest BCUT2D eigenvalue weighted by atomic mass is 10.0. The van der Waals surface area contributed by atoms with Gasteiger partial charge in [0, 0.05) is 25.2 Å². The molecule has 114 valence electrons. The molecule has 1 N–H and O–H groups in total. The summed E-state index contributed by atoms with van der Waals surface area (Å²) in [4.78, 5) is 0. The highest BCUT2D eigenvalue weighted by atomic mass is 32.2. The molecule has 1 rings (SSSR count). The molecule has 1 aliphatic heterocycles. The summed E-state index contributed by atoms with van der Waals surface area (Å²) in [7, 11) is -2.99. The van der Waals surface area contributed by atoms with Crippen molar-refractivity contribution in [2.45, 2.75) is 70.9 Å². The van der Waals surface area contributed by atoms with Crippen LogP contribution in [0.2, 0.25) is 0 Å². The van der Waals surface area contributed by atoms with E-state index < -0.39 is 10.0 Å². The van der Waals surface area contributed by atoms with Gasteiger partial charge in [-0.2, -0.15) is 0 Å². The van der Waals surface area contributed by atoms with Crippen molar-refractivity contribution in [3.8, 4) is 0 Å². The van der Waals surface area contributed by atoms with E-state index in [0.29, 0.717) is 25.2 Å². The van der Waals surface area contributed by atoms with Crippen LogP contribution in [0.4, 0.5) is 0 Å². The molecule has 0 amide bonds. The lowest BCUT2D eigenvalue weighted by molar-refractivity contribution is 0.273. The number of nitrogens with one attached hydrogen (secondary N) is 1. The van der Waals surface area contributed by atoms with Gasteiger partial charge in [-0.1, -0.05) is 32.6 Å². The summed E-state index contributed by atoms with van der Waals surface area (Å²) in [6.07, 6.45) is 9.65. The molecule has 0 aliphatic carbocycles. The number of rotatable bonds is 8. The average molecular weight is 290 g/mol. The fourth-order valence-corrected chi connectivity index (χ4v) is 3.59. The number of sulfonamides is 1. The molecule has 0 spiro atoms. The van der Waals surface area contributed by atoms with Crippen LogP contribution in [0.5, 0.6) is 0 Å². The lowest BCUT2D eigenvalue weighted by Crippen LogP contribution is -2.46. The van der Waals surface area contributed by atoms with Crippen LogP contribution in [0.3, 0.4) is 0 Å².